The van der Waals surface area contributed by atoms with Gasteiger partial charge in [0, 0.05) is 29.8 Å². The Balaban J connectivity index is 1.68. The van der Waals surface area contributed by atoms with Crippen molar-refractivity contribution in [3.63, 3.8) is 0 Å². The number of hydrogen-bond acceptors (Lipinski definition) is 5. The molecule has 0 aliphatic carbocycles. The molecule has 0 atom stereocenters. The molecular formula is C26H22N2O5. The highest BCUT2D eigenvalue weighted by molar-refractivity contribution is 5.91. The second kappa shape index (κ2) is 9.82. The highest BCUT2D eigenvalue weighted by Gasteiger charge is 2.21. The first kappa shape index (κ1) is 21.8. The Morgan fingerprint density at radius 1 is 0.939 bits per heavy atom. The summed E-state index contributed by atoms with van der Waals surface area (Å²) >= 11 is 0. The number of hydrogen-bond donors (Lipinski definition) is 1. The number of ether oxygens (including phenoxy) is 1. The lowest BCUT2D eigenvalue weighted by molar-refractivity contribution is -0.139. The predicted octanol–water partition coefficient (Wildman–Crippen LogP) is 5.03. The van der Waals surface area contributed by atoms with Crippen LogP contribution in [-0.2, 0) is 16.1 Å². The van der Waals surface area contributed by atoms with E-state index in [-0.39, 0.29) is 12.5 Å². The van der Waals surface area contributed by atoms with Crippen molar-refractivity contribution in [1.29, 1.82) is 0 Å². The number of benzene rings is 3. The van der Waals surface area contributed by atoms with Gasteiger partial charge in [0.15, 0.2) is 12.4 Å². The van der Waals surface area contributed by atoms with Crippen LogP contribution in [0.1, 0.15) is 12.8 Å². The van der Waals surface area contributed by atoms with Gasteiger partial charge in [0.1, 0.15) is 18.0 Å². The maximum Gasteiger partial charge on any atom is 0.341 e. The van der Waals surface area contributed by atoms with Crippen LogP contribution in [0.3, 0.4) is 0 Å². The maximum absolute atomic E-state index is 12.5. The van der Waals surface area contributed by atoms with Crippen molar-refractivity contribution in [3.05, 3.63) is 90.8 Å². The SMILES string of the molecule is CC(=O)N(Cc1nc(-c2ccccc2)c(-c2ccccc2)o1)c1cccc(OCC(=O)O)c1. The molecule has 0 aliphatic rings. The van der Waals surface area contributed by atoms with Crippen LogP contribution in [0.5, 0.6) is 5.75 Å². The minimum atomic E-state index is -1.08. The standard InChI is InChI=1S/C26H22N2O5/c1-18(29)28(21-13-8-14-22(15-21)32-17-24(30)31)16-23-27-25(19-9-4-2-5-10-19)26(33-23)20-11-6-3-7-12-20/h2-15H,16-17H2,1H3,(H,30,31). The molecule has 0 saturated carbocycles. The molecule has 166 valence electrons. The number of carbonyl (C=O) groups excluding carboxylic acids is 1. The molecule has 4 rings (SSSR count). The molecular weight excluding hydrogens is 420 g/mol. The number of oxazole rings is 1. The minimum absolute atomic E-state index is 0.102. The Morgan fingerprint density at radius 2 is 1.61 bits per heavy atom. The zero-order chi connectivity index (χ0) is 23.2. The molecule has 1 N–H and O–H groups in total. The second-order valence-electron chi connectivity index (χ2n) is 7.30. The van der Waals surface area contributed by atoms with Crippen LogP contribution >= 0.6 is 0 Å². The Bertz CT molecular complexity index is 1200. The van der Waals surface area contributed by atoms with Gasteiger partial charge in [-0.1, -0.05) is 66.7 Å². The topological polar surface area (TPSA) is 92.9 Å². The molecule has 0 aliphatic heterocycles. The maximum atomic E-state index is 12.5. The summed E-state index contributed by atoms with van der Waals surface area (Å²) in [5, 5.41) is 8.84. The van der Waals surface area contributed by atoms with Gasteiger partial charge in [-0.15, -0.1) is 0 Å². The molecule has 0 bridgehead atoms. The number of carboxylic acids is 1. The summed E-state index contributed by atoms with van der Waals surface area (Å²) in [6, 6.07) is 26.1. The molecule has 0 spiro atoms. The van der Waals surface area contributed by atoms with Gasteiger partial charge in [-0.3, -0.25) is 4.79 Å². The molecule has 1 amide bonds. The van der Waals surface area contributed by atoms with E-state index in [1.807, 2.05) is 60.7 Å². The molecule has 0 saturated heterocycles. The number of carboxylic acid groups (broad SMARTS) is 1. The van der Waals surface area contributed by atoms with E-state index in [2.05, 4.69) is 0 Å². The van der Waals surface area contributed by atoms with E-state index in [1.165, 1.54) is 11.8 Å². The lowest BCUT2D eigenvalue weighted by Crippen LogP contribution is -2.28. The highest BCUT2D eigenvalue weighted by atomic mass is 16.5. The fourth-order valence-corrected chi connectivity index (χ4v) is 3.41. The van der Waals surface area contributed by atoms with Crippen molar-refractivity contribution in [2.24, 2.45) is 0 Å². The van der Waals surface area contributed by atoms with Gasteiger partial charge in [0.05, 0.1) is 0 Å². The van der Waals surface area contributed by atoms with Gasteiger partial charge in [0.2, 0.25) is 11.8 Å². The zero-order valence-corrected chi connectivity index (χ0v) is 18.0. The quantitative estimate of drug-likeness (QED) is 0.412. The summed E-state index contributed by atoms with van der Waals surface area (Å²) in [7, 11) is 0. The van der Waals surface area contributed by atoms with Gasteiger partial charge in [-0.2, -0.15) is 0 Å². The Labute approximate surface area is 190 Å². The third-order valence-electron chi connectivity index (χ3n) is 4.92. The molecule has 33 heavy (non-hydrogen) atoms. The third kappa shape index (κ3) is 5.27. The number of aliphatic carboxylic acids is 1. The normalized spacial score (nSPS) is 10.6. The monoisotopic (exact) mass is 442 g/mol. The van der Waals surface area contributed by atoms with Crippen LogP contribution in [0.25, 0.3) is 22.6 Å². The van der Waals surface area contributed by atoms with E-state index in [1.54, 1.807) is 24.3 Å². The fourth-order valence-electron chi connectivity index (χ4n) is 3.41. The number of carbonyl (C=O) groups is 2. The predicted molar refractivity (Wildman–Crippen MR) is 124 cm³/mol. The number of nitrogens with zero attached hydrogens (tertiary/aromatic N) is 2. The molecule has 0 radical (unpaired) electrons. The first-order valence-corrected chi connectivity index (χ1v) is 10.3. The summed E-state index contributed by atoms with van der Waals surface area (Å²) in [6.45, 7) is 1.08. The summed E-state index contributed by atoms with van der Waals surface area (Å²) in [5.41, 5.74) is 3.03. The molecule has 0 unspecified atom stereocenters. The molecule has 7 nitrogen and oxygen atoms in total. The van der Waals surface area contributed by atoms with Crippen molar-refractivity contribution in [2.75, 3.05) is 11.5 Å². The molecule has 3 aromatic carbocycles. The number of rotatable bonds is 8. The first-order valence-electron chi connectivity index (χ1n) is 10.3. The average Bonchev–Trinajstić information content (AvgIpc) is 3.26. The van der Waals surface area contributed by atoms with Crippen LogP contribution in [0, 0.1) is 0 Å². The van der Waals surface area contributed by atoms with Gasteiger partial charge in [0.25, 0.3) is 0 Å². The molecule has 0 fully saturated rings. The lowest BCUT2D eigenvalue weighted by Gasteiger charge is -2.20. The lowest BCUT2D eigenvalue weighted by atomic mass is 10.1. The van der Waals surface area contributed by atoms with Crippen molar-refractivity contribution < 1.29 is 23.8 Å². The number of anilines is 1. The summed E-state index contributed by atoms with van der Waals surface area (Å²) in [4.78, 5) is 29.5. The van der Waals surface area contributed by atoms with Gasteiger partial charge in [-0.05, 0) is 12.1 Å². The number of aromatic nitrogens is 1. The highest BCUT2D eigenvalue weighted by Crippen LogP contribution is 2.33. The van der Waals surface area contributed by atoms with Crippen molar-refractivity contribution in [2.45, 2.75) is 13.5 Å². The Morgan fingerprint density at radius 3 is 2.24 bits per heavy atom. The van der Waals surface area contributed by atoms with Crippen LogP contribution in [-0.4, -0.2) is 28.6 Å². The molecule has 1 heterocycles. The van der Waals surface area contributed by atoms with E-state index in [9.17, 15) is 9.59 Å². The minimum Gasteiger partial charge on any atom is -0.482 e. The molecule has 1 aromatic heterocycles. The third-order valence-corrected chi connectivity index (χ3v) is 4.92. The van der Waals surface area contributed by atoms with Crippen molar-refractivity contribution in [1.82, 2.24) is 4.98 Å². The van der Waals surface area contributed by atoms with E-state index in [0.29, 0.717) is 28.8 Å². The zero-order valence-electron chi connectivity index (χ0n) is 18.0. The number of amides is 1. The van der Waals surface area contributed by atoms with Gasteiger partial charge >= 0.3 is 5.97 Å². The average molecular weight is 442 g/mol. The van der Waals surface area contributed by atoms with E-state index < -0.39 is 12.6 Å². The summed E-state index contributed by atoms with van der Waals surface area (Å²) in [5.74, 6) is 0.0544. The van der Waals surface area contributed by atoms with Crippen molar-refractivity contribution in [3.8, 4) is 28.3 Å². The summed E-state index contributed by atoms with van der Waals surface area (Å²) < 4.78 is 11.4. The van der Waals surface area contributed by atoms with Gasteiger partial charge < -0.3 is 19.2 Å². The van der Waals surface area contributed by atoms with Crippen LogP contribution < -0.4 is 9.64 Å². The van der Waals surface area contributed by atoms with Crippen LogP contribution in [0.2, 0.25) is 0 Å². The van der Waals surface area contributed by atoms with E-state index in [0.717, 1.165) is 11.1 Å². The molecule has 4 aromatic rings. The van der Waals surface area contributed by atoms with E-state index in [4.69, 9.17) is 19.2 Å². The smallest absolute Gasteiger partial charge is 0.341 e. The van der Waals surface area contributed by atoms with Crippen molar-refractivity contribution >= 4 is 17.6 Å². The van der Waals surface area contributed by atoms with Crippen LogP contribution in [0.15, 0.2) is 89.3 Å². The van der Waals surface area contributed by atoms with Gasteiger partial charge in [-0.25, -0.2) is 9.78 Å². The van der Waals surface area contributed by atoms with E-state index >= 15 is 0 Å². The van der Waals surface area contributed by atoms with Crippen LogP contribution in [0.4, 0.5) is 5.69 Å². The largest absolute Gasteiger partial charge is 0.482 e. The molecule has 7 heteroatoms. The fraction of sp³-hybridized carbons (Fsp3) is 0.115. The summed E-state index contributed by atoms with van der Waals surface area (Å²) in [6.07, 6.45) is 0. The Hall–Kier alpha value is -4.39. The second-order valence-corrected chi connectivity index (χ2v) is 7.30. The Kier molecular flexibility index (Phi) is 6.50. The first-order chi connectivity index (χ1) is 16.0.